The summed E-state index contributed by atoms with van der Waals surface area (Å²) in [6.45, 7) is 0. The molecule has 1 aromatic heterocycles. The molecule has 4 nitrogen and oxygen atoms in total. The number of nitrogen functional groups attached to an aromatic ring is 1. The normalized spacial score (nSPS) is 15.7. The predicted molar refractivity (Wildman–Crippen MR) is 79.6 cm³/mol. The molecule has 3 rings (SSSR count). The van der Waals surface area contributed by atoms with Crippen LogP contribution in [0.2, 0.25) is 5.15 Å². The quantitative estimate of drug-likeness (QED) is 0.673. The van der Waals surface area contributed by atoms with Gasteiger partial charge in [0, 0.05) is 5.69 Å². The van der Waals surface area contributed by atoms with Gasteiger partial charge in [-0.15, -0.1) is 0 Å². The van der Waals surface area contributed by atoms with Crippen molar-refractivity contribution in [1.82, 2.24) is 4.98 Å². The fourth-order valence-electron chi connectivity index (χ4n) is 2.27. The summed E-state index contributed by atoms with van der Waals surface area (Å²) in [5, 5.41) is 3.30. The molecule has 5 heteroatoms. The highest BCUT2D eigenvalue weighted by atomic mass is 35.5. The van der Waals surface area contributed by atoms with E-state index in [2.05, 4.69) is 10.3 Å². The van der Waals surface area contributed by atoms with E-state index >= 15 is 0 Å². The molecule has 102 valence electrons. The summed E-state index contributed by atoms with van der Waals surface area (Å²) in [6.07, 6.45) is 3.26. The van der Waals surface area contributed by atoms with Gasteiger partial charge in [0.2, 0.25) is 5.91 Å². The van der Waals surface area contributed by atoms with Crippen molar-refractivity contribution in [2.45, 2.75) is 18.3 Å². The smallest absolute Gasteiger partial charge is 0.235 e. The standard InChI is InChI=1S/C15H14ClN3O/c16-13-6-5-12(9-18-13)19-14(20)15(7-8-15)10-1-3-11(17)4-2-10/h1-6,9H,7-8,17H2,(H,19,20). The number of anilines is 2. The van der Waals surface area contributed by atoms with E-state index in [-0.39, 0.29) is 5.91 Å². The Bertz CT molecular complexity index is 633. The summed E-state index contributed by atoms with van der Waals surface area (Å²) in [5.74, 6) is -0.00797. The maximum atomic E-state index is 12.5. The number of carbonyl (C=O) groups is 1. The monoisotopic (exact) mass is 287 g/mol. The van der Waals surface area contributed by atoms with E-state index in [9.17, 15) is 4.79 Å². The van der Waals surface area contributed by atoms with Gasteiger partial charge < -0.3 is 11.1 Å². The molecule has 2 aromatic rings. The summed E-state index contributed by atoms with van der Waals surface area (Å²) in [5.41, 5.74) is 7.62. The third-order valence-corrected chi connectivity index (χ3v) is 3.86. The van der Waals surface area contributed by atoms with Crippen LogP contribution in [0, 0.1) is 0 Å². The number of nitrogens with zero attached hydrogens (tertiary/aromatic N) is 1. The summed E-state index contributed by atoms with van der Waals surface area (Å²) in [4.78, 5) is 16.4. The fourth-order valence-corrected chi connectivity index (χ4v) is 2.39. The lowest BCUT2D eigenvalue weighted by Crippen LogP contribution is -2.27. The first-order chi connectivity index (χ1) is 9.60. The van der Waals surface area contributed by atoms with E-state index in [4.69, 9.17) is 17.3 Å². The fraction of sp³-hybridized carbons (Fsp3) is 0.200. The maximum absolute atomic E-state index is 12.5. The topological polar surface area (TPSA) is 68.0 Å². The Kier molecular flexibility index (Phi) is 3.10. The number of hydrogen-bond donors (Lipinski definition) is 2. The lowest BCUT2D eigenvalue weighted by Gasteiger charge is -2.16. The Morgan fingerprint density at radius 3 is 2.45 bits per heavy atom. The van der Waals surface area contributed by atoms with Crippen molar-refractivity contribution in [2.75, 3.05) is 11.1 Å². The second kappa shape index (κ2) is 4.80. The molecule has 1 aliphatic rings. The number of amides is 1. The minimum Gasteiger partial charge on any atom is -0.399 e. The van der Waals surface area contributed by atoms with E-state index in [0.717, 1.165) is 18.4 Å². The first-order valence-corrected chi connectivity index (χ1v) is 6.77. The highest BCUT2D eigenvalue weighted by Crippen LogP contribution is 2.49. The van der Waals surface area contributed by atoms with Crippen LogP contribution in [-0.4, -0.2) is 10.9 Å². The van der Waals surface area contributed by atoms with Gasteiger partial charge in [0.1, 0.15) is 5.15 Å². The van der Waals surface area contributed by atoms with Gasteiger partial charge in [0.05, 0.1) is 17.3 Å². The van der Waals surface area contributed by atoms with Crippen molar-refractivity contribution in [3.63, 3.8) is 0 Å². The zero-order valence-corrected chi connectivity index (χ0v) is 11.5. The predicted octanol–water partition coefficient (Wildman–Crippen LogP) is 2.99. The first-order valence-electron chi connectivity index (χ1n) is 6.39. The van der Waals surface area contributed by atoms with Crippen LogP contribution >= 0.6 is 11.6 Å². The van der Waals surface area contributed by atoms with Crippen LogP contribution in [0.15, 0.2) is 42.6 Å². The SMILES string of the molecule is Nc1ccc(C2(C(=O)Nc3ccc(Cl)nc3)CC2)cc1. The van der Waals surface area contributed by atoms with Gasteiger partial charge >= 0.3 is 0 Å². The van der Waals surface area contributed by atoms with Crippen LogP contribution < -0.4 is 11.1 Å². The molecular formula is C15H14ClN3O. The minimum absolute atomic E-state index is 0.00797. The van der Waals surface area contributed by atoms with Crippen molar-refractivity contribution < 1.29 is 4.79 Å². The molecular weight excluding hydrogens is 274 g/mol. The molecule has 20 heavy (non-hydrogen) atoms. The number of carbonyl (C=O) groups excluding carboxylic acids is 1. The molecule has 0 atom stereocenters. The number of nitrogens with two attached hydrogens (primary N) is 1. The van der Waals surface area contributed by atoms with Crippen molar-refractivity contribution in [2.24, 2.45) is 0 Å². The Hall–Kier alpha value is -2.07. The average Bonchev–Trinajstić information content (AvgIpc) is 3.24. The van der Waals surface area contributed by atoms with Crippen LogP contribution in [0.3, 0.4) is 0 Å². The Morgan fingerprint density at radius 2 is 1.90 bits per heavy atom. The van der Waals surface area contributed by atoms with Crippen LogP contribution in [0.5, 0.6) is 0 Å². The zero-order chi connectivity index (χ0) is 14.2. The Labute approximate surface area is 122 Å². The largest absolute Gasteiger partial charge is 0.399 e. The second-order valence-corrected chi connectivity index (χ2v) is 5.42. The highest BCUT2D eigenvalue weighted by Gasteiger charge is 2.51. The number of aromatic nitrogens is 1. The first kappa shape index (κ1) is 12.9. The molecule has 0 spiro atoms. The third kappa shape index (κ3) is 2.34. The van der Waals surface area contributed by atoms with Gasteiger partial charge in [0.15, 0.2) is 0 Å². The number of pyridine rings is 1. The van der Waals surface area contributed by atoms with E-state index in [1.165, 1.54) is 0 Å². The molecule has 1 amide bonds. The van der Waals surface area contributed by atoms with Crippen LogP contribution in [0.25, 0.3) is 0 Å². The summed E-state index contributed by atoms with van der Waals surface area (Å²) in [7, 11) is 0. The molecule has 0 radical (unpaired) electrons. The average molecular weight is 288 g/mol. The lowest BCUT2D eigenvalue weighted by atomic mass is 9.94. The van der Waals surface area contributed by atoms with Crippen LogP contribution in [0.1, 0.15) is 18.4 Å². The van der Waals surface area contributed by atoms with Crippen molar-refractivity contribution in [3.05, 3.63) is 53.3 Å². The molecule has 1 aromatic carbocycles. The summed E-state index contributed by atoms with van der Waals surface area (Å²) in [6, 6.07) is 10.9. The van der Waals surface area contributed by atoms with E-state index in [0.29, 0.717) is 16.5 Å². The van der Waals surface area contributed by atoms with Crippen molar-refractivity contribution in [3.8, 4) is 0 Å². The zero-order valence-electron chi connectivity index (χ0n) is 10.8. The molecule has 1 aliphatic carbocycles. The lowest BCUT2D eigenvalue weighted by molar-refractivity contribution is -0.118. The summed E-state index contributed by atoms with van der Waals surface area (Å²) >= 11 is 5.73. The van der Waals surface area contributed by atoms with Gasteiger partial charge in [-0.25, -0.2) is 4.98 Å². The second-order valence-electron chi connectivity index (χ2n) is 5.03. The van der Waals surface area contributed by atoms with Gasteiger partial charge in [-0.05, 0) is 42.7 Å². The van der Waals surface area contributed by atoms with Crippen molar-refractivity contribution in [1.29, 1.82) is 0 Å². The van der Waals surface area contributed by atoms with Gasteiger partial charge in [-0.3, -0.25) is 4.79 Å². The molecule has 1 fully saturated rings. The molecule has 0 aliphatic heterocycles. The molecule has 3 N–H and O–H groups in total. The molecule has 1 saturated carbocycles. The molecule has 0 unspecified atom stereocenters. The Morgan fingerprint density at radius 1 is 1.20 bits per heavy atom. The maximum Gasteiger partial charge on any atom is 0.235 e. The van der Waals surface area contributed by atoms with E-state index < -0.39 is 5.41 Å². The number of halogens is 1. The number of hydrogen-bond acceptors (Lipinski definition) is 3. The molecule has 0 saturated heterocycles. The van der Waals surface area contributed by atoms with E-state index in [1.807, 2.05) is 24.3 Å². The minimum atomic E-state index is -0.423. The van der Waals surface area contributed by atoms with E-state index in [1.54, 1.807) is 18.3 Å². The number of rotatable bonds is 3. The van der Waals surface area contributed by atoms with Crippen LogP contribution in [0.4, 0.5) is 11.4 Å². The highest BCUT2D eigenvalue weighted by molar-refractivity contribution is 6.29. The van der Waals surface area contributed by atoms with Crippen molar-refractivity contribution >= 4 is 28.9 Å². The molecule has 1 heterocycles. The third-order valence-electron chi connectivity index (χ3n) is 3.63. The van der Waals surface area contributed by atoms with Gasteiger partial charge in [-0.1, -0.05) is 23.7 Å². The number of nitrogens with one attached hydrogen (secondary N) is 1. The van der Waals surface area contributed by atoms with Crippen LogP contribution in [-0.2, 0) is 10.2 Å². The van der Waals surface area contributed by atoms with Gasteiger partial charge in [0.25, 0.3) is 0 Å². The van der Waals surface area contributed by atoms with Gasteiger partial charge in [-0.2, -0.15) is 0 Å². The summed E-state index contributed by atoms with van der Waals surface area (Å²) < 4.78 is 0. The molecule has 0 bridgehead atoms. The Balaban J connectivity index is 1.79. The number of benzene rings is 1.